The van der Waals surface area contributed by atoms with E-state index in [2.05, 4.69) is 15.0 Å². The number of hydrogen-bond acceptors (Lipinski definition) is 6. The van der Waals surface area contributed by atoms with Crippen molar-refractivity contribution in [1.29, 1.82) is 0 Å². The number of phenols is 1. The third-order valence-corrected chi connectivity index (χ3v) is 3.19. The molecule has 0 fully saturated rings. The lowest BCUT2D eigenvalue weighted by Crippen LogP contribution is -2.08. The van der Waals surface area contributed by atoms with Gasteiger partial charge in [-0.25, -0.2) is 4.79 Å². The van der Waals surface area contributed by atoms with Crippen LogP contribution < -0.4 is 5.73 Å². The topological polar surface area (TPSA) is 103 Å². The van der Waals surface area contributed by atoms with E-state index in [4.69, 9.17) is 5.73 Å². The SMILES string of the molecule is COC(=O)c1nnn(-c2cccc3c(O)cccc23)c1N. The normalized spacial score (nSPS) is 10.7. The molecule has 2 aromatic carbocycles. The van der Waals surface area contributed by atoms with Crippen LogP contribution in [-0.4, -0.2) is 33.2 Å². The number of benzene rings is 2. The van der Waals surface area contributed by atoms with Gasteiger partial charge >= 0.3 is 5.97 Å². The molecule has 0 radical (unpaired) electrons. The first-order valence-electron chi connectivity index (χ1n) is 6.14. The highest BCUT2D eigenvalue weighted by Crippen LogP contribution is 2.29. The molecular weight excluding hydrogens is 272 g/mol. The second-order valence-corrected chi connectivity index (χ2v) is 4.38. The Morgan fingerprint density at radius 2 is 1.95 bits per heavy atom. The van der Waals surface area contributed by atoms with Crippen molar-refractivity contribution in [3.63, 3.8) is 0 Å². The second-order valence-electron chi connectivity index (χ2n) is 4.38. The van der Waals surface area contributed by atoms with Gasteiger partial charge in [0.2, 0.25) is 5.69 Å². The summed E-state index contributed by atoms with van der Waals surface area (Å²) in [6, 6.07) is 10.4. The Morgan fingerprint density at radius 3 is 2.71 bits per heavy atom. The quantitative estimate of drug-likeness (QED) is 0.691. The fraction of sp³-hybridized carbons (Fsp3) is 0.0714. The third kappa shape index (κ3) is 1.95. The van der Waals surface area contributed by atoms with Gasteiger partial charge in [-0.3, -0.25) is 0 Å². The molecule has 0 unspecified atom stereocenters. The van der Waals surface area contributed by atoms with Crippen LogP contribution in [0.15, 0.2) is 36.4 Å². The molecule has 3 rings (SSSR count). The average Bonchev–Trinajstić information content (AvgIpc) is 2.88. The van der Waals surface area contributed by atoms with Crippen molar-refractivity contribution >= 4 is 22.6 Å². The molecule has 106 valence electrons. The number of rotatable bonds is 2. The van der Waals surface area contributed by atoms with Gasteiger partial charge in [-0.1, -0.05) is 29.5 Å². The summed E-state index contributed by atoms with van der Waals surface area (Å²) in [5.41, 5.74) is 6.48. The van der Waals surface area contributed by atoms with Gasteiger partial charge in [0.25, 0.3) is 0 Å². The maximum absolute atomic E-state index is 11.5. The molecule has 1 aromatic heterocycles. The highest BCUT2D eigenvalue weighted by molar-refractivity contribution is 5.96. The molecule has 0 aliphatic rings. The monoisotopic (exact) mass is 284 g/mol. The minimum atomic E-state index is -0.651. The summed E-state index contributed by atoms with van der Waals surface area (Å²) in [6.07, 6.45) is 0. The van der Waals surface area contributed by atoms with Gasteiger partial charge in [0.05, 0.1) is 12.8 Å². The van der Waals surface area contributed by atoms with Gasteiger partial charge in [0.1, 0.15) is 5.75 Å². The zero-order valence-corrected chi connectivity index (χ0v) is 11.1. The Balaban J connectivity index is 2.25. The predicted octanol–water partition coefficient (Wildman–Crippen LogP) is 1.49. The highest BCUT2D eigenvalue weighted by atomic mass is 16.5. The summed E-state index contributed by atoms with van der Waals surface area (Å²) >= 11 is 0. The highest BCUT2D eigenvalue weighted by Gasteiger charge is 2.19. The van der Waals surface area contributed by atoms with Crippen molar-refractivity contribution in [1.82, 2.24) is 15.0 Å². The molecule has 0 saturated heterocycles. The molecular formula is C14H12N4O3. The molecule has 3 aromatic rings. The van der Waals surface area contributed by atoms with Crippen molar-refractivity contribution in [2.24, 2.45) is 0 Å². The number of methoxy groups -OCH3 is 1. The number of aromatic hydroxyl groups is 1. The largest absolute Gasteiger partial charge is 0.507 e. The van der Waals surface area contributed by atoms with Gasteiger partial charge in [-0.15, -0.1) is 5.10 Å². The zero-order chi connectivity index (χ0) is 15.0. The van der Waals surface area contributed by atoms with Gasteiger partial charge < -0.3 is 15.6 Å². The lowest BCUT2D eigenvalue weighted by atomic mass is 10.1. The molecule has 0 spiro atoms. The number of nitrogen functional groups attached to an aromatic ring is 1. The summed E-state index contributed by atoms with van der Waals surface area (Å²) in [5.74, 6) is -0.416. The number of nitrogens with zero attached hydrogens (tertiary/aromatic N) is 3. The second kappa shape index (κ2) is 4.78. The minimum absolute atomic E-state index is 0.0466. The van der Waals surface area contributed by atoms with Crippen LogP contribution in [0.25, 0.3) is 16.5 Å². The van der Waals surface area contributed by atoms with Crippen molar-refractivity contribution in [2.45, 2.75) is 0 Å². The number of carbonyl (C=O) groups excluding carboxylic acids is 1. The van der Waals surface area contributed by atoms with Crippen LogP contribution in [0, 0.1) is 0 Å². The molecule has 0 amide bonds. The predicted molar refractivity (Wildman–Crippen MR) is 76.3 cm³/mol. The molecule has 21 heavy (non-hydrogen) atoms. The number of aromatic nitrogens is 3. The van der Waals surface area contributed by atoms with Crippen LogP contribution in [0.3, 0.4) is 0 Å². The lowest BCUT2D eigenvalue weighted by Gasteiger charge is -2.08. The van der Waals surface area contributed by atoms with E-state index in [9.17, 15) is 9.90 Å². The molecule has 0 saturated carbocycles. The number of ether oxygens (including phenoxy) is 1. The third-order valence-electron chi connectivity index (χ3n) is 3.19. The van der Waals surface area contributed by atoms with E-state index in [1.807, 2.05) is 6.07 Å². The number of hydrogen-bond donors (Lipinski definition) is 2. The van der Waals surface area contributed by atoms with E-state index >= 15 is 0 Å². The van der Waals surface area contributed by atoms with Crippen molar-refractivity contribution in [3.05, 3.63) is 42.1 Å². The van der Waals surface area contributed by atoms with Crippen LogP contribution in [0.1, 0.15) is 10.5 Å². The van der Waals surface area contributed by atoms with E-state index in [1.54, 1.807) is 30.3 Å². The van der Waals surface area contributed by atoms with Gasteiger partial charge in [0, 0.05) is 10.8 Å². The molecule has 7 nitrogen and oxygen atoms in total. The number of fused-ring (bicyclic) bond motifs is 1. The van der Waals surface area contributed by atoms with Gasteiger partial charge in [-0.05, 0) is 12.1 Å². The number of phenolic OH excluding ortho intramolecular Hbond substituents is 1. The number of carbonyl (C=O) groups is 1. The number of nitrogens with two attached hydrogens (primary N) is 1. The van der Waals surface area contributed by atoms with Crippen LogP contribution in [0.4, 0.5) is 5.82 Å². The zero-order valence-electron chi connectivity index (χ0n) is 11.1. The average molecular weight is 284 g/mol. The summed E-state index contributed by atoms with van der Waals surface area (Å²) in [4.78, 5) is 11.5. The van der Waals surface area contributed by atoms with Crippen molar-refractivity contribution in [2.75, 3.05) is 12.8 Å². The van der Waals surface area contributed by atoms with Crippen LogP contribution in [0.2, 0.25) is 0 Å². The van der Waals surface area contributed by atoms with E-state index in [1.165, 1.54) is 11.8 Å². The molecule has 0 aliphatic carbocycles. The Hall–Kier alpha value is -3.09. The fourth-order valence-electron chi connectivity index (χ4n) is 2.17. The minimum Gasteiger partial charge on any atom is -0.507 e. The number of esters is 1. The Morgan fingerprint density at radius 1 is 1.24 bits per heavy atom. The summed E-state index contributed by atoms with van der Waals surface area (Å²) < 4.78 is 5.94. The maximum atomic E-state index is 11.5. The Bertz CT molecular complexity index is 841. The van der Waals surface area contributed by atoms with Crippen molar-refractivity contribution in [3.8, 4) is 11.4 Å². The Kier molecular flexibility index (Phi) is 2.94. The van der Waals surface area contributed by atoms with E-state index in [-0.39, 0.29) is 17.3 Å². The summed E-state index contributed by atoms with van der Waals surface area (Å²) in [7, 11) is 1.25. The first-order valence-corrected chi connectivity index (χ1v) is 6.14. The first-order chi connectivity index (χ1) is 10.1. The maximum Gasteiger partial charge on any atom is 0.362 e. The smallest absolute Gasteiger partial charge is 0.362 e. The summed E-state index contributed by atoms with van der Waals surface area (Å²) in [6.45, 7) is 0. The van der Waals surface area contributed by atoms with Crippen LogP contribution in [0.5, 0.6) is 5.75 Å². The van der Waals surface area contributed by atoms with Crippen molar-refractivity contribution < 1.29 is 14.6 Å². The van der Waals surface area contributed by atoms with E-state index < -0.39 is 5.97 Å². The van der Waals surface area contributed by atoms with Crippen LogP contribution in [-0.2, 0) is 4.74 Å². The Labute approximate surface area is 119 Å². The molecule has 0 bridgehead atoms. The van der Waals surface area contributed by atoms with Gasteiger partial charge in [-0.2, -0.15) is 4.68 Å². The lowest BCUT2D eigenvalue weighted by molar-refractivity contribution is 0.0595. The summed E-state index contributed by atoms with van der Waals surface area (Å²) in [5, 5.41) is 18.9. The van der Waals surface area contributed by atoms with E-state index in [0.717, 1.165) is 5.39 Å². The van der Waals surface area contributed by atoms with E-state index in [0.29, 0.717) is 11.1 Å². The molecule has 0 aliphatic heterocycles. The molecule has 7 heteroatoms. The standard InChI is InChI=1S/C14H12N4O3/c1-21-14(20)12-13(15)18(17-16-12)10-6-2-5-9-8(10)4-3-7-11(9)19/h2-7,19H,15H2,1H3. The van der Waals surface area contributed by atoms with Gasteiger partial charge in [0.15, 0.2) is 5.82 Å². The molecule has 3 N–H and O–H groups in total. The molecule has 0 atom stereocenters. The fourth-order valence-corrected chi connectivity index (χ4v) is 2.17. The number of anilines is 1. The van der Waals surface area contributed by atoms with Crippen LogP contribution >= 0.6 is 0 Å². The molecule has 1 heterocycles. The first kappa shape index (κ1) is 12.9.